The van der Waals surface area contributed by atoms with Crippen LogP contribution in [0.3, 0.4) is 0 Å². The number of hydrogen-bond acceptors (Lipinski definition) is 4. The van der Waals surface area contributed by atoms with E-state index in [4.69, 9.17) is 4.99 Å². The molecule has 2 aliphatic rings. The van der Waals surface area contributed by atoms with E-state index in [1.165, 1.54) is 30.3 Å². The maximum absolute atomic E-state index is 12.7. The van der Waals surface area contributed by atoms with Crippen LogP contribution in [-0.4, -0.2) is 36.1 Å². The van der Waals surface area contributed by atoms with Crippen LogP contribution in [0.15, 0.2) is 52.4 Å². The van der Waals surface area contributed by atoms with Gasteiger partial charge in [-0.05, 0) is 73.4 Å². The van der Waals surface area contributed by atoms with Crippen molar-refractivity contribution in [2.75, 3.05) is 25.0 Å². The van der Waals surface area contributed by atoms with Gasteiger partial charge in [0.05, 0.1) is 10.6 Å². The average Bonchev–Trinajstić information content (AvgIpc) is 3.31. The van der Waals surface area contributed by atoms with E-state index in [1.807, 2.05) is 38.1 Å². The zero-order valence-corrected chi connectivity index (χ0v) is 17.4. The van der Waals surface area contributed by atoms with Crippen LogP contribution in [0.4, 0.5) is 11.4 Å². The molecule has 28 heavy (non-hydrogen) atoms. The molecule has 0 unspecified atom stereocenters. The SMILES string of the molecule is Cc1cccc(C)c1N=C1S/C(=C\c2ccc(N3CCCC3)cc2)C(=O)N1C. The molecule has 2 saturated heterocycles. The standard InChI is InChI=1S/C23H25N3OS/c1-16-7-6-8-17(2)21(16)24-23-25(3)22(27)20(28-23)15-18-9-11-19(12-10-18)26-13-4-5-14-26/h6-12,15H,4-5,13-14H2,1-3H3/b20-15-,24-23?. The second-order valence-corrected chi connectivity index (χ2v) is 8.40. The minimum atomic E-state index is -0.00129. The first-order valence-corrected chi connectivity index (χ1v) is 10.5. The van der Waals surface area contributed by atoms with Crippen LogP contribution in [0.1, 0.15) is 29.5 Å². The van der Waals surface area contributed by atoms with E-state index in [-0.39, 0.29) is 5.91 Å². The summed E-state index contributed by atoms with van der Waals surface area (Å²) in [5, 5.41) is 0.724. The highest BCUT2D eigenvalue weighted by molar-refractivity contribution is 8.18. The minimum Gasteiger partial charge on any atom is -0.372 e. The zero-order valence-electron chi connectivity index (χ0n) is 16.6. The van der Waals surface area contributed by atoms with Gasteiger partial charge in [-0.1, -0.05) is 30.3 Å². The Morgan fingerprint density at radius 1 is 1.00 bits per heavy atom. The number of amides is 1. The molecule has 0 bridgehead atoms. The summed E-state index contributed by atoms with van der Waals surface area (Å²) in [6, 6.07) is 14.6. The first-order chi connectivity index (χ1) is 13.5. The third-order valence-electron chi connectivity index (χ3n) is 5.31. The fourth-order valence-electron chi connectivity index (χ4n) is 3.64. The van der Waals surface area contributed by atoms with Crippen LogP contribution in [0, 0.1) is 13.8 Å². The molecule has 2 aliphatic heterocycles. The van der Waals surface area contributed by atoms with E-state index in [1.54, 1.807) is 11.9 Å². The summed E-state index contributed by atoms with van der Waals surface area (Å²) in [5.41, 5.74) is 5.48. The summed E-state index contributed by atoms with van der Waals surface area (Å²) in [4.78, 5) is 22.2. The molecule has 1 amide bonds. The summed E-state index contributed by atoms with van der Waals surface area (Å²) in [5.74, 6) is -0.00129. The number of anilines is 1. The predicted octanol–water partition coefficient (Wildman–Crippen LogP) is 5.14. The van der Waals surface area contributed by atoms with E-state index >= 15 is 0 Å². The topological polar surface area (TPSA) is 35.9 Å². The lowest BCUT2D eigenvalue weighted by Crippen LogP contribution is -2.23. The number of carbonyl (C=O) groups is 1. The van der Waals surface area contributed by atoms with E-state index in [9.17, 15) is 4.79 Å². The fourth-order valence-corrected chi connectivity index (χ4v) is 4.61. The first-order valence-electron chi connectivity index (χ1n) is 9.70. The zero-order chi connectivity index (χ0) is 19.7. The Hall–Kier alpha value is -2.53. The maximum Gasteiger partial charge on any atom is 0.266 e. The van der Waals surface area contributed by atoms with Crippen molar-refractivity contribution in [1.29, 1.82) is 0 Å². The van der Waals surface area contributed by atoms with Crippen molar-refractivity contribution in [3.05, 3.63) is 64.1 Å². The van der Waals surface area contributed by atoms with Gasteiger partial charge in [0.2, 0.25) is 0 Å². The Morgan fingerprint density at radius 3 is 2.29 bits per heavy atom. The molecule has 0 spiro atoms. The molecule has 5 heteroatoms. The average molecular weight is 392 g/mol. The van der Waals surface area contributed by atoms with Gasteiger partial charge in [0.25, 0.3) is 5.91 Å². The Kier molecular flexibility index (Phi) is 5.27. The summed E-state index contributed by atoms with van der Waals surface area (Å²) >= 11 is 1.44. The van der Waals surface area contributed by atoms with Crippen molar-refractivity contribution >= 4 is 40.3 Å². The lowest BCUT2D eigenvalue weighted by Gasteiger charge is -2.17. The molecule has 2 aromatic rings. The van der Waals surface area contributed by atoms with Gasteiger partial charge >= 0.3 is 0 Å². The van der Waals surface area contributed by atoms with Gasteiger partial charge < -0.3 is 4.90 Å². The van der Waals surface area contributed by atoms with Gasteiger partial charge in [0.1, 0.15) is 0 Å². The lowest BCUT2D eigenvalue weighted by atomic mass is 10.1. The fraction of sp³-hybridized carbons (Fsp3) is 0.304. The lowest BCUT2D eigenvalue weighted by molar-refractivity contribution is -0.121. The Balaban J connectivity index is 1.57. The third-order valence-corrected chi connectivity index (χ3v) is 6.37. The van der Waals surface area contributed by atoms with Gasteiger partial charge in [-0.2, -0.15) is 0 Å². The molecule has 4 rings (SSSR count). The number of carbonyl (C=O) groups excluding carboxylic acids is 1. The predicted molar refractivity (Wildman–Crippen MR) is 119 cm³/mol. The molecule has 2 heterocycles. The van der Waals surface area contributed by atoms with Gasteiger partial charge in [-0.25, -0.2) is 4.99 Å². The number of thioether (sulfide) groups is 1. The second kappa shape index (κ2) is 7.84. The van der Waals surface area contributed by atoms with Crippen LogP contribution >= 0.6 is 11.8 Å². The van der Waals surface area contributed by atoms with Crippen LogP contribution in [0.5, 0.6) is 0 Å². The second-order valence-electron chi connectivity index (χ2n) is 7.40. The first kappa shape index (κ1) is 18.8. The number of rotatable bonds is 3. The smallest absolute Gasteiger partial charge is 0.266 e. The summed E-state index contributed by atoms with van der Waals surface area (Å²) < 4.78 is 0. The molecule has 4 nitrogen and oxygen atoms in total. The van der Waals surface area contributed by atoms with Crippen LogP contribution < -0.4 is 4.90 Å². The number of likely N-dealkylation sites (N-methyl/N-ethyl adjacent to an activating group) is 1. The Morgan fingerprint density at radius 2 is 1.64 bits per heavy atom. The van der Waals surface area contributed by atoms with Gasteiger partial charge in [-0.3, -0.25) is 9.69 Å². The molecular formula is C23H25N3OS. The normalized spacial score (nSPS) is 20.0. The highest BCUT2D eigenvalue weighted by Crippen LogP contribution is 2.35. The Bertz CT molecular complexity index is 936. The molecule has 0 N–H and O–H groups in total. The summed E-state index contributed by atoms with van der Waals surface area (Å²) in [7, 11) is 1.79. The van der Waals surface area contributed by atoms with E-state index < -0.39 is 0 Å². The molecule has 2 aromatic carbocycles. The number of para-hydroxylation sites is 1. The van der Waals surface area contributed by atoms with Crippen molar-refractivity contribution in [2.45, 2.75) is 26.7 Å². The minimum absolute atomic E-state index is 0.00129. The van der Waals surface area contributed by atoms with Crippen molar-refractivity contribution in [2.24, 2.45) is 4.99 Å². The number of aliphatic imine (C=N–C) groups is 1. The monoisotopic (exact) mass is 391 g/mol. The molecular weight excluding hydrogens is 366 g/mol. The van der Waals surface area contributed by atoms with Crippen LogP contribution in [0.2, 0.25) is 0 Å². The quantitative estimate of drug-likeness (QED) is 0.680. The highest BCUT2D eigenvalue weighted by atomic mass is 32.2. The molecule has 0 atom stereocenters. The van der Waals surface area contributed by atoms with Gasteiger partial charge in [-0.15, -0.1) is 0 Å². The largest absolute Gasteiger partial charge is 0.372 e. The number of benzene rings is 2. The van der Waals surface area contributed by atoms with Crippen molar-refractivity contribution in [1.82, 2.24) is 4.90 Å². The Labute approximate surface area is 171 Å². The highest BCUT2D eigenvalue weighted by Gasteiger charge is 2.30. The number of hydrogen-bond donors (Lipinski definition) is 0. The summed E-state index contributed by atoms with van der Waals surface area (Å²) in [6.07, 6.45) is 4.50. The molecule has 0 aliphatic carbocycles. The molecule has 0 aromatic heterocycles. The molecule has 2 fully saturated rings. The van der Waals surface area contributed by atoms with Gasteiger partial charge in [0.15, 0.2) is 5.17 Å². The molecule has 144 valence electrons. The van der Waals surface area contributed by atoms with Crippen molar-refractivity contribution in [3.8, 4) is 0 Å². The van der Waals surface area contributed by atoms with E-state index in [0.717, 1.165) is 40.6 Å². The van der Waals surface area contributed by atoms with Crippen molar-refractivity contribution < 1.29 is 4.79 Å². The van der Waals surface area contributed by atoms with E-state index in [2.05, 4.69) is 29.2 Å². The number of amidine groups is 1. The number of nitrogens with zero attached hydrogens (tertiary/aromatic N) is 3. The maximum atomic E-state index is 12.7. The molecule has 0 radical (unpaired) electrons. The van der Waals surface area contributed by atoms with Gasteiger partial charge in [0, 0.05) is 25.8 Å². The van der Waals surface area contributed by atoms with Crippen LogP contribution in [0.25, 0.3) is 6.08 Å². The third kappa shape index (κ3) is 3.72. The summed E-state index contributed by atoms with van der Waals surface area (Å²) in [6.45, 7) is 6.37. The number of aryl methyl sites for hydroxylation is 2. The van der Waals surface area contributed by atoms with E-state index in [0.29, 0.717) is 4.91 Å². The molecule has 0 saturated carbocycles. The van der Waals surface area contributed by atoms with Crippen LogP contribution in [-0.2, 0) is 4.79 Å². The van der Waals surface area contributed by atoms with Crippen molar-refractivity contribution in [3.63, 3.8) is 0 Å².